The molecule has 1 unspecified atom stereocenters. The highest BCUT2D eigenvalue weighted by Gasteiger charge is 2.30. The largest absolute Gasteiger partial charge is 0.472 e. The van der Waals surface area contributed by atoms with Gasteiger partial charge in [0.2, 0.25) is 0 Å². The van der Waals surface area contributed by atoms with Crippen LogP contribution in [0.5, 0.6) is 0 Å². The minimum atomic E-state index is -4.76. The van der Waals surface area contributed by atoms with Crippen molar-refractivity contribution in [1.82, 2.24) is 14.6 Å². The van der Waals surface area contributed by atoms with E-state index in [-0.39, 0.29) is 31.0 Å². The average molecular weight is 831 g/mol. The summed E-state index contributed by atoms with van der Waals surface area (Å²) in [5.74, 6) is -0.355. The van der Waals surface area contributed by atoms with Gasteiger partial charge < -0.3 is 29.9 Å². The van der Waals surface area contributed by atoms with Gasteiger partial charge in [-0.3, -0.25) is 9.05 Å². The predicted molar refractivity (Wildman–Crippen MR) is 219 cm³/mol. The number of aromatic nitrogens is 3. The lowest BCUT2D eigenvalue weighted by Crippen LogP contribution is -2.34. The molecule has 0 bridgehead atoms. The number of nitriles is 2. The number of ether oxygens (including phenoxy) is 3. The fourth-order valence-electron chi connectivity index (χ4n) is 6.66. The molecule has 0 amide bonds. The molecule has 322 valence electrons. The van der Waals surface area contributed by atoms with Crippen molar-refractivity contribution in [3.8, 4) is 12.3 Å². The van der Waals surface area contributed by atoms with E-state index in [1.54, 1.807) is 12.1 Å². The molecule has 3 rings (SSSR count). The van der Waals surface area contributed by atoms with Crippen LogP contribution >= 0.6 is 7.82 Å². The van der Waals surface area contributed by atoms with Crippen molar-refractivity contribution >= 4 is 19.2 Å². The molecule has 1 aromatic carbocycles. The molecule has 0 aliphatic carbocycles. The molecule has 4 N–H and O–H groups in total. The van der Waals surface area contributed by atoms with Crippen molar-refractivity contribution in [3.63, 3.8) is 0 Å². The third kappa shape index (κ3) is 19.9. The summed E-state index contributed by atoms with van der Waals surface area (Å²) in [5.41, 5.74) is 7.44. The Labute approximate surface area is 343 Å². The Morgan fingerprint density at radius 2 is 1.47 bits per heavy atom. The minimum Gasteiger partial charge on any atom is -0.419 e. The van der Waals surface area contributed by atoms with E-state index < -0.39 is 45.2 Å². The van der Waals surface area contributed by atoms with Gasteiger partial charge in [0.1, 0.15) is 23.8 Å². The fourth-order valence-corrected chi connectivity index (χ4v) is 7.42. The summed E-state index contributed by atoms with van der Waals surface area (Å²) >= 11 is 0. The van der Waals surface area contributed by atoms with Crippen molar-refractivity contribution in [3.05, 3.63) is 59.3 Å². The van der Waals surface area contributed by atoms with Gasteiger partial charge in [0.25, 0.3) is 6.26 Å². The third-order valence-corrected chi connectivity index (χ3v) is 10.9. The van der Waals surface area contributed by atoms with Crippen LogP contribution < -0.4 is 5.73 Å². The van der Waals surface area contributed by atoms with E-state index in [2.05, 4.69) is 17.0 Å². The Kier molecular flexibility index (Phi) is 24.1. The number of halogens is 1. The molecule has 58 heavy (non-hydrogen) atoms. The molecule has 2 aromatic heterocycles. The predicted octanol–water partition coefficient (Wildman–Crippen LogP) is 8.87. The molecular formula is C42H64FN6O8P. The van der Waals surface area contributed by atoms with E-state index >= 15 is 0 Å². The molecule has 2 heterocycles. The second-order valence-electron chi connectivity index (χ2n) is 14.8. The number of unbranched alkanes of at least 4 members (excludes halogenated alkanes) is 17. The van der Waals surface area contributed by atoms with Crippen LogP contribution in [0.4, 0.5) is 10.2 Å². The first kappa shape index (κ1) is 48.7. The summed E-state index contributed by atoms with van der Waals surface area (Å²) in [4.78, 5) is 14.4. The molecule has 16 heteroatoms. The lowest BCUT2D eigenvalue weighted by Gasteiger charge is -2.23. The summed E-state index contributed by atoms with van der Waals surface area (Å²) in [6.45, 7) is 1.51. The molecule has 0 saturated carbocycles. The summed E-state index contributed by atoms with van der Waals surface area (Å²) < 4.78 is 55.5. The van der Waals surface area contributed by atoms with Crippen molar-refractivity contribution in [2.45, 2.75) is 154 Å². The monoisotopic (exact) mass is 830 g/mol. The van der Waals surface area contributed by atoms with Gasteiger partial charge in [0, 0.05) is 18.7 Å². The van der Waals surface area contributed by atoms with Crippen LogP contribution in [-0.2, 0) is 40.9 Å². The van der Waals surface area contributed by atoms with Crippen molar-refractivity contribution in [2.24, 2.45) is 0 Å². The van der Waals surface area contributed by atoms with Crippen molar-refractivity contribution in [2.75, 3.05) is 32.2 Å². The normalized spacial score (nSPS) is 14.1. The molecule has 0 radical (unpaired) electrons. The molecule has 0 aliphatic heterocycles. The Bertz CT molecular complexity index is 1720. The number of phosphoric acid groups is 1. The zero-order chi connectivity index (χ0) is 41.9. The van der Waals surface area contributed by atoms with Crippen LogP contribution in [0.25, 0.3) is 5.52 Å². The number of benzene rings is 1. The number of rotatable bonds is 34. The zero-order valence-corrected chi connectivity index (χ0v) is 35.0. The highest BCUT2D eigenvalue weighted by Crippen LogP contribution is 2.43. The lowest BCUT2D eigenvalue weighted by molar-refractivity contribution is -0.0546. The Balaban J connectivity index is 1.37. The summed E-state index contributed by atoms with van der Waals surface area (Å²) in [5, 5.41) is 33.4. The van der Waals surface area contributed by atoms with Gasteiger partial charge >= 0.3 is 7.82 Å². The SMILES string of the molecule is CCCCCCCCCCCCCCCCCCCCOC[C@H](COP(=O)(O)OC[C@@H](OC#N)[C@@H](O)Cc1ccc2c(N)ncnn12)OCc1cc(F)cc(C#N)c1. The lowest BCUT2D eigenvalue weighted by atomic mass is 10.0. The molecule has 0 fully saturated rings. The van der Waals surface area contributed by atoms with Crippen LogP contribution in [0.1, 0.15) is 139 Å². The van der Waals surface area contributed by atoms with Crippen LogP contribution in [0.3, 0.4) is 0 Å². The van der Waals surface area contributed by atoms with Gasteiger partial charge in [-0.1, -0.05) is 116 Å². The maximum Gasteiger partial charge on any atom is 0.472 e. The van der Waals surface area contributed by atoms with E-state index in [1.807, 2.05) is 6.07 Å². The number of anilines is 1. The average Bonchev–Trinajstić information content (AvgIpc) is 3.62. The summed E-state index contributed by atoms with van der Waals surface area (Å²) in [6.07, 6.45) is 22.2. The highest BCUT2D eigenvalue weighted by atomic mass is 31.2. The number of nitrogens with two attached hydrogens (primary N) is 1. The fraction of sp³-hybridized carbons (Fsp3) is 0.667. The van der Waals surface area contributed by atoms with Crippen LogP contribution in [0.15, 0.2) is 36.7 Å². The number of aliphatic hydroxyl groups excluding tert-OH is 1. The first-order chi connectivity index (χ1) is 28.2. The number of fused-ring (bicyclic) bond motifs is 1. The maximum absolute atomic E-state index is 14.0. The van der Waals surface area contributed by atoms with Gasteiger partial charge in [-0.2, -0.15) is 15.6 Å². The van der Waals surface area contributed by atoms with Gasteiger partial charge in [-0.15, -0.1) is 0 Å². The number of hydrogen-bond donors (Lipinski definition) is 3. The van der Waals surface area contributed by atoms with Crippen LogP contribution in [0, 0.1) is 28.7 Å². The number of phosphoric ester groups is 1. The van der Waals surface area contributed by atoms with Crippen molar-refractivity contribution < 1.29 is 42.2 Å². The molecule has 0 aliphatic rings. The topological polar surface area (TPSA) is 207 Å². The first-order valence-corrected chi connectivity index (χ1v) is 22.5. The van der Waals surface area contributed by atoms with Gasteiger partial charge in [0.15, 0.2) is 11.9 Å². The molecule has 0 spiro atoms. The maximum atomic E-state index is 14.0. The second kappa shape index (κ2) is 28.7. The Morgan fingerprint density at radius 3 is 2.07 bits per heavy atom. The van der Waals surface area contributed by atoms with E-state index in [4.69, 9.17) is 34.3 Å². The molecule has 0 saturated heterocycles. The molecular weight excluding hydrogens is 766 g/mol. The molecule has 3 aromatic rings. The number of hydrogen-bond acceptors (Lipinski definition) is 12. The number of aliphatic hydroxyl groups is 1. The third-order valence-electron chi connectivity index (χ3n) is 9.96. The quantitative estimate of drug-likeness (QED) is 0.0292. The van der Waals surface area contributed by atoms with E-state index in [1.165, 1.54) is 126 Å². The number of nitrogen functional groups attached to an aromatic ring is 1. The minimum absolute atomic E-state index is 0.0115. The second-order valence-corrected chi connectivity index (χ2v) is 16.3. The zero-order valence-electron chi connectivity index (χ0n) is 34.1. The summed E-state index contributed by atoms with van der Waals surface area (Å²) in [6, 6.07) is 9.07. The van der Waals surface area contributed by atoms with Gasteiger partial charge in [0.05, 0.1) is 44.2 Å². The Morgan fingerprint density at radius 1 is 0.862 bits per heavy atom. The molecule has 14 nitrogen and oxygen atoms in total. The molecule has 4 atom stereocenters. The summed E-state index contributed by atoms with van der Waals surface area (Å²) in [7, 11) is -4.76. The standard InChI is InChI=1S/C42H64FN6O8P/c1-2-3-4-5-6-7-8-9-10-11-12-13-14-15-16-17-18-19-22-53-29-38(54-28-35-23-34(27-44)24-36(43)25-35)30-56-58(51,52)57-31-41(55-32-45)40(50)26-37-20-21-39-42(46)47-33-48-49(37)39/h20-21,23-25,33,38,40-41,50H,2-19,22,26,28-31H2,1H3,(H,51,52)(H2,46,47,48)/t38-,40+,41-/m1/s1. The first-order valence-electron chi connectivity index (χ1n) is 21.0. The van der Waals surface area contributed by atoms with E-state index in [0.29, 0.717) is 23.4 Å². The smallest absolute Gasteiger partial charge is 0.419 e. The van der Waals surface area contributed by atoms with Crippen LogP contribution in [0.2, 0.25) is 0 Å². The van der Waals surface area contributed by atoms with Crippen LogP contribution in [-0.4, -0.2) is 69.3 Å². The van der Waals surface area contributed by atoms with Gasteiger partial charge in [-0.25, -0.2) is 18.5 Å². The van der Waals surface area contributed by atoms with Gasteiger partial charge in [-0.05, 0) is 42.3 Å². The van der Waals surface area contributed by atoms with Crippen molar-refractivity contribution in [1.29, 1.82) is 10.5 Å². The number of nitrogens with zero attached hydrogens (tertiary/aromatic N) is 5. The van der Waals surface area contributed by atoms with E-state index in [0.717, 1.165) is 25.3 Å². The van der Waals surface area contributed by atoms with E-state index in [9.17, 15) is 24.2 Å². The highest BCUT2D eigenvalue weighted by molar-refractivity contribution is 7.47. The Hall–Kier alpha value is -3.66.